The van der Waals surface area contributed by atoms with Crippen molar-refractivity contribution in [1.29, 1.82) is 0 Å². The summed E-state index contributed by atoms with van der Waals surface area (Å²) < 4.78 is 27.2. The van der Waals surface area contributed by atoms with Crippen LogP contribution in [0.2, 0.25) is 0 Å². The Morgan fingerprint density at radius 3 is 2.00 bits per heavy atom. The van der Waals surface area contributed by atoms with E-state index in [4.69, 9.17) is 5.10 Å². The molecule has 208 valence electrons. The van der Waals surface area contributed by atoms with Crippen LogP contribution in [0.5, 0.6) is 0 Å². The highest BCUT2D eigenvalue weighted by Gasteiger charge is 2.53. The Labute approximate surface area is 229 Å². The van der Waals surface area contributed by atoms with Crippen LogP contribution in [0.3, 0.4) is 0 Å². The minimum Gasteiger partial charge on any atom is -0.229 e. The second-order valence-electron chi connectivity index (χ2n) is 12.7. The number of aryl methyl sites for hydroxylation is 1. The van der Waals surface area contributed by atoms with E-state index in [1.54, 1.807) is 11.8 Å². The smallest absolute Gasteiger partial charge is 0.212 e. The van der Waals surface area contributed by atoms with Crippen LogP contribution in [-0.2, 0) is 16.3 Å². The summed E-state index contributed by atoms with van der Waals surface area (Å²) in [4.78, 5) is 0. The lowest BCUT2D eigenvalue weighted by Crippen LogP contribution is -2.51. The third-order valence-electron chi connectivity index (χ3n) is 9.55. The molecule has 0 saturated heterocycles. The third-order valence-corrected chi connectivity index (χ3v) is 12.3. The monoisotopic (exact) mass is 548 g/mol. The van der Waals surface area contributed by atoms with Gasteiger partial charge in [0, 0.05) is 17.6 Å². The number of rotatable bonds is 16. The molecule has 5 aliphatic rings. The Balaban J connectivity index is 1.05. The van der Waals surface area contributed by atoms with E-state index in [1.807, 2.05) is 4.68 Å². The molecule has 6 nitrogen and oxygen atoms in total. The number of hydrogen-bond acceptors (Lipinski definition) is 6. The Morgan fingerprint density at radius 1 is 0.811 bits per heavy atom. The summed E-state index contributed by atoms with van der Waals surface area (Å²) in [5.74, 6) is 5.05. The van der Waals surface area contributed by atoms with Crippen LogP contribution in [0.15, 0.2) is 10.3 Å². The molecule has 6 rings (SSSR count). The van der Waals surface area contributed by atoms with Crippen LogP contribution < -0.4 is 0 Å². The van der Waals surface area contributed by atoms with Crippen molar-refractivity contribution in [1.82, 2.24) is 14.9 Å². The number of sulfone groups is 1. The minimum atomic E-state index is -3.00. The van der Waals surface area contributed by atoms with Gasteiger partial charge in [-0.2, -0.15) is 9.78 Å². The fourth-order valence-electron chi connectivity index (χ4n) is 8.01. The lowest BCUT2D eigenvalue weighted by atomic mass is 9.48. The fourth-order valence-corrected chi connectivity index (χ4v) is 10.4. The van der Waals surface area contributed by atoms with E-state index >= 15 is 0 Å². The van der Waals surface area contributed by atoms with E-state index < -0.39 is 9.84 Å². The van der Waals surface area contributed by atoms with Crippen molar-refractivity contribution in [2.24, 2.45) is 28.3 Å². The lowest BCUT2D eigenvalue weighted by Gasteiger charge is -2.57. The van der Waals surface area contributed by atoms with Crippen molar-refractivity contribution in [2.45, 2.75) is 128 Å². The number of thioether (sulfide) groups is 1. The molecule has 4 bridgehead atoms. The van der Waals surface area contributed by atoms with Crippen molar-refractivity contribution in [3.8, 4) is 0 Å². The summed E-state index contributed by atoms with van der Waals surface area (Å²) in [6, 6.07) is 0. The molecule has 1 aromatic rings. The van der Waals surface area contributed by atoms with E-state index in [0.29, 0.717) is 24.0 Å². The summed E-state index contributed by atoms with van der Waals surface area (Å²) in [5.41, 5.74) is 1.66. The van der Waals surface area contributed by atoms with Gasteiger partial charge in [-0.15, -0.1) is 10.2 Å². The van der Waals surface area contributed by atoms with Gasteiger partial charge >= 0.3 is 0 Å². The Kier molecular flexibility index (Phi) is 9.37. The predicted molar refractivity (Wildman–Crippen MR) is 153 cm³/mol. The molecule has 37 heavy (non-hydrogen) atoms. The number of aromatic nitrogens is 3. The summed E-state index contributed by atoms with van der Waals surface area (Å²) in [7, 11) is -3.00. The van der Waals surface area contributed by atoms with Gasteiger partial charge in [0.1, 0.15) is 9.84 Å². The van der Waals surface area contributed by atoms with Gasteiger partial charge in [-0.3, -0.25) is 0 Å². The molecule has 4 fully saturated rings. The number of fused-ring (bicyclic) bond motifs is 1. The maximum atomic E-state index is 12.6. The van der Waals surface area contributed by atoms with Crippen molar-refractivity contribution < 1.29 is 8.42 Å². The van der Waals surface area contributed by atoms with E-state index in [9.17, 15) is 8.42 Å². The van der Waals surface area contributed by atoms with Gasteiger partial charge in [0.25, 0.3) is 0 Å². The molecule has 4 aliphatic carbocycles. The van der Waals surface area contributed by atoms with Crippen molar-refractivity contribution in [3.63, 3.8) is 0 Å². The van der Waals surface area contributed by atoms with Gasteiger partial charge in [-0.1, -0.05) is 76.5 Å². The Hall–Kier alpha value is -0.890. The first-order valence-electron chi connectivity index (χ1n) is 15.3. The maximum Gasteiger partial charge on any atom is 0.212 e. The molecule has 1 aromatic heterocycles. The van der Waals surface area contributed by atoms with Gasteiger partial charge in [-0.25, -0.2) is 8.42 Å². The molecule has 1 aliphatic heterocycles. The van der Waals surface area contributed by atoms with Crippen LogP contribution in [0.4, 0.5) is 0 Å². The quantitative estimate of drug-likeness (QED) is 0.206. The van der Waals surface area contributed by atoms with Crippen molar-refractivity contribution in [2.75, 3.05) is 17.3 Å². The van der Waals surface area contributed by atoms with Crippen LogP contribution in [0.25, 0.3) is 0 Å². The molecule has 2 heterocycles. The van der Waals surface area contributed by atoms with Crippen LogP contribution in [-0.4, -0.2) is 46.3 Å². The first kappa shape index (κ1) is 27.7. The SMILES string of the molecule is CCCCCCCCCCCCS(=O)(=O)CCCc1nnc2n1N=C(C13CC4CC(CC(C4)C1)C3)CS2. The van der Waals surface area contributed by atoms with Gasteiger partial charge in [0.15, 0.2) is 5.82 Å². The molecule has 0 N–H and O–H groups in total. The average Bonchev–Trinajstić information content (AvgIpc) is 3.26. The van der Waals surface area contributed by atoms with Crippen LogP contribution >= 0.6 is 11.8 Å². The zero-order valence-corrected chi connectivity index (χ0v) is 24.6. The van der Waals surface area contributed by atoms with E-state index in [1.165, 1.54) is 89.2 Å². The molecule has 0 radical (unpaired) electrons. The average molecular weight is 549 g/mol. The van der Waals surface area contributed by atoms with Crippen LogP contribution in [0.1, 0.15) is 122 Å². The van der Waals surface area contributed by atoms with Gasteiger partial charge in [-0.05, 0) is 69.1 Å². The van der Waals surface area contributed by atoms with Gasteiger partial charge in [0.2, 0.25) is 5.16 Å². The standard InChI is InChI=1S/C29H48N4O2S2/c1-2-3-4-5-6-7-8-9-10-11-14-37(34,35)15-12-13-27-30-31-28-33(27)32-26(22-36-28)29-19-23-16-24(20-29)18-25(17-23)21-29/h23-25H,2-22H2,1H3. The summed E-state index contributed by atoms with van der Waals surface area (Å²) >= 11 is 1.77. The zero-order chi connectivity index (χ0) is 25.7. The number of unbranched alkanes of at least 4 members (excludes halogenated alkanes) is 9. The third kappa shape index (κ3) is 7.01. The molecule has 0 atom stereocenters. The molecule has 4 saturated carbocycles. The molecule has 8 heteroatoms. The largest absolute Gasteiger partial charge is 0.229 e. The first-order valence-corrected chi connectivity index (χ1v) is 18.1. The van der Waals surface area contributed by atoms with Crippen molar-refractivity contribution in [3.05, 3.63) is 5.82 Å². The van der Waals surface area contributed by atoms with E-state index in [0.717, 1.165) is 53.7 Å². The zero-order valence-electron chi connectivity index (χ0n) is 23.0. The van der Waals surface area contributed by atoms with E-state index in [2.05, 4.69) is 17.1 Å². The lowest BCUT2D eigenvalue weighted by molar-refractivity contribution is -0.0128. The second-order valence-corrected chi connectivity index (χ2v) is 15.9. The first-order chi connectivity index (χ1) is 18.0. The highest BCUT2D eigenvalue weighted by molar-refractivity contribution is 7.99. The topological polar surface area (TPSA) is 77.2 Å². The predicted octanol–water partition coefficient (Wildman–Crippen LogP) is 7.07. The normalized spacial score (nSPS) is 28.5. The highest BCUT2D eigenvalue weighted by atomic mass is 32.2. The molecule has 0 amide bonds. The van der Waals surface area contributed by atoms with Gasteiger partial charge in [0.05, 0.1) is 17.2 Å². The Bertz CT molecular complexity index is 997. The molecule has 0 unspecified atom stereocenters. The van der Waals surface area contributed by atoms with Crippen LogP contribution in [0, 0.1) is 23.2 Å². The fraction of sp³-hybridized carbons (Fsp3) is 0.897. The minimum absolute atomic E-state index is 0.241. The summed E-state index contributed by atoms with van der Waals surface area (Å²) in [6.07, 6.45) is 21.7. The van der Waals surface area contributed by atoms with Crippen molar-refractivity contribution >= 4 is 27.3 Å². The molecule has 0 aromatic carbocycles. The molecule has 0 spiro atoms. The molecular formula is C29H48N4O2S2. The number of hydrogen-bond donors (Lipinski definition) is 0. The summed E-state index contributed by atoms with van der Waals surface area (Å²) in [5, 5.41) is 14.8. The van der Waals surface area contributed by atoms with E-state index in [-0.39, 0.29) is 5.75 Å². The highest BCUT2D eigenvalue weighted by Crippen LogP contribution is 2.61. The van der Waals surface area contributed by atoms with Gasteiger partial charge < -0.3 is 0 Å². The Morgan fingerprint density at radius 2 is 1.38 bits per heavy atom. The molecular weight excluding hydrogens is 500 g/mol. The number of nitrogens with zero attached hydrogens (tertiary/aromatic N) is 4. The second kappa shape index (κ2) is 12.5. The maximum absolute atomic E-state index is 12.6. The summed E-state index contributed by atoms with van der Waals surface area (Å²) in [6.45, 7) is 2.25.